The van der Waals surface area contributed by atoms with Crippen LogP contribution in [-0.4, -0.2) is 11.5 Å². The fourth-order valence-corrected chi connectivity index (χ4v) is 6.10. The highest BCUT2D eigenvalue weighted by Crippen LogP contribution is 2.59. The second kappa shape index (κ2) is 3.46. The van der Waals surface area contributed by atoms with Crippen molar-refractivity contribution in [2.75, 3.05) is 11.5 Å². The van der Waals surface area contributed by atoms with Gasteiger partial charge in [0.1, 0.15) is 0 Å². The van der Waals surface area contributed by atoms with E-state index >= 15 is 0 Å². The molecule has 1 saturated heterocycles. The first-order valence-corrected chi connectivity index (χ1v) is 7.63. The molecule has 1 aliphatic heterocycles. The van der Waals surface area contributed by atoms with Gasteiger partial charge in [0.05, 0.1) is 4.08 Å². The first-order valence-electron chi connectivity index (χ1n) is 4.87. The molecule has 0 bridgehead atoms. The lowest BCUT2D eigenvalue weighted by atomic mass is 10.1. The second-order valence-corrected chi connectivity index (χ2v) is 7.71. The van der Waals surface area contributed by atoms with E-state index in [1.54, 1.807) is 11.1 Å². The molecule has 0 nitrogen and oxygen atoms in total. The minimum Gasteiger partial charge on any atom is -0.139 e. The summed E-state index contributed by atoms with van der Waals surface area (Å²) in [5.74, 6) is 2.64. The SMILES string of the molecule is Brc1ccc2c(c1)CCC21SCCS1. The monoisotopic (exact) mass is 286 g/mol. The third kappa shape index (κ3) is 1.36. The molecule has 0 saturated carbocycles. The smallest absolute Gasteiger partial charge is 0.0866 e. The number of halogens is 1. The van der Waals surface area contributed by atoms with E-state index < -0.39 is 0 Å². The van der Waals surface area contributed by atoms with Crippen LogP contribution in [0.25, 0.3) is 0 Å². The Morgan fingerprint density at radius 3 is 2.79 bits per heavy atom. The van der Waals surface area contributed by atoms with Crippen molar-refractivity contribution >= 4 is 39.5 Å². The average Bonchev–Trinajstić information content (AvgIpc) is 2.77. The third-order valence-corrected chi connectivity index (χ3v) is 7.01. The molecular formula is C11H11BrS2. The van der Waals surface area contributed by atoms with E-state index in [9.17, 15) is 0 Å². The molecule has 2 aliphatic rings. The van der Waals surface area contributed by atoms with Crippen LogP contribution in [0, 0.1) is 0 Å². The van der Waals surface area contributed by atoms with Gasteiger partial charge < -0.3 is 0 Å². The van der Waals surface area contributed by atoms with Gasteiger partial charge in [-0.2, -0.15) is 0 Å². The molecule has 1 heterocycles. The summed E-state index contributed by atoms with van der Waals surface area (Å²) >= 11 is 7.85. The number of thioether (sulfide) groups is 2. The molecule has 3 rings (SSSR count). The zero-order valence-corrected chi connectivity index (χ0v) is 11.0. The van der Waals surface area contributed by atoms with E-state index in [4.69, 9.17) is 0 Å². The van der Waals surface area contributed by atoms with Gasteiger partial charge in [-0.3, -0.25) is 0 Å². The molecular weight excluding hydrogens is 276 g/mol. The van der Waals surface area contributed by atoms with Gasteiger partial charge in [-0.05, 0) is 36.1 Å². The Bertz CT molecular complexity index is 370. The van der Waals surface area contributed by atoms with Crippen LogP contribution in [0.2, 0.25) is 0 Å². The van der Waals surface area contributed by atoms with Crippen molar-refractivity contribution in [2.24, 2.45) is 0 Å². The van der Waals surface area contributed by atoms with E-state index in [1.165, 1.54) is 28.8 Å². The van der Waals surface area contributed by atoms with Crippen molar-refractivity contribution in [3.8, 4) is 0 Å². The van der Waals surface area contributed by atoms with Crippen molar-refractivity contribution in [1.29, 1.82) is 0 Å². The highest BCUT2D eigenvalue weighted by Gasteiger charge is 2.42. The van der Waals surface area contributed by atoms with Crippen molar-refractivity contribution < 1.29 is 0 Å². The first kappa shape index (κ1) is 9.61. The molecule has 1 fully saturated rings. The highest BCUT2D eigenvalue weighted by atomic mass is 79.9. The van der Waals surface area contributed by atoms with Gasteiger partial charge in [0.2, 0.25) is 0 Å². The topological polar surface area (TPSA) is 0 Å². The zero-order valence-electron chi connectivity index (χ0n) is 7.75. The molecule has 14 heavy (non-hydrogen) atoms. The van der Waals surface area contributed by atoms with Crippen LogP contribution < -0.4 is 0 Å². The van der Waals surface area contributed by atoms with E-state index in [0.29, 0.717) is 4.08 Å². The molecule has 0 amide bonds. The van der Waals surface area contributed by atoms with Gasteiger partial charge in [0.15, 0.2) is 0 Å². The van der Waals surface area contributed by atoms with Crippen molar-refractivity contribution in [3.05, 3.63) is 33.8 Å². The van der Waals surface area contributed by atoms with Crippen molar-refractivity contribution in [3.63, 3.8) is 0 Å². The van der Waals surface area contributed by atoms with E-state index in [2.05, 4.69) is 57.7 Å². The maximum absolute atomic E-state index is 3.55. The van der Waals surface area contributed by atoms with E-state index in [0.717, 1.165) is 0 Å². The Kier molecular flexibility index (Phi) is 2.38. The summed E-state index contributed by atoms with van der Waals surface area (Å²) in [4.78, 5) is 0. The van der Waals surface area contributed by atoms with Crippen LogP contribution in [0.5, 0.6) is 0 Å². The summed E-state index contributed by atoms with van der Waals surface area (Å²) in [6, 6.07) is 6.80. The van der Waals surface area contributed by atoms with Gasteiger partial charge in [-0.1, -0.05) is 22.0 Å². The summed E-state index contributed by atoms with van der Waals surface area (Å²) < 4.78 is 1.65. The van der Waals surface area contributed by atoms with Crippen LogP contribution in [0.1, 0.15) is 17.5 Å². The lowest BCUT2D eigenvalue weighted by Crippen LogP contribution is -2.08. The molecule has 0 aromatic heterocycles. The molecule has 1 spiro atoms. The van der Waals surface area contributed by atoms with Gasteiger partial charge in [0, 0.05) is 16.0 Å². The summed E-state index contributed by atoms with van der Waals surface area (Å²) in [6.07, 6.45) is 2.59. The summed E-state index contributed by atoms with van der Waals surface area (Å²) in [7, 11) is 0. The molecule has 0 atom stereocenters. The number of hydrogen-bond acceptors (Lipinski definition) is 2. The summed E-state index contributed by atoms with van der Waals surface area (Å²) in [6.45, 7) is 0. The number of hydrogen-bond donors (Lipinski definition) is 0. The van der Waals surface area contributed by atoms with Gasteiger partial charge >= 0.3 is 0 Å². The quantitative estimate of drug-likeness (QED) is 0.706. The Morgan fingerprint density at radius 2 is 2.00 bits per heavy atom. The van der Waals surface area contributed by atoms with Crippen molar-refractivity contribution in [1.82, 2.24) is 0 Å². The van der Waals surface area contributed by atoms with Gasteiger partial charge in [0.25, 0.3) is 0 Å². The maximum Gasteiger partial charge on any atom is 0.0866 e. The molecule has 74 valence electrons. The van der Waals surface area contributed by atoms with E-state index in [1.807, 2.05) is 0 Å². The normalized spacial score (nSPS) is 22.9. The average molecular weight is 287 g/mol. The van der Waals surface area contributed by atoms with Crippen molar-refractivity contribution in [2.45, 2.75) is 16.9 Å². The third-order valence-electron chi connectivity index (χ3n) is 2.95. The number of benzene rings is 1. The summed E-state index contributed by atoms with van der Waals surface area (Å²) in [5.41, 5.74) is 3.15. The number of fused-ring (bicyclic) bond motifs is 2. The standard InChI is InChI=1S/C11H11BrS2/c12-9-1-2-10-8(7-9)3-4-11(10)13-5-6-14-11/h1-2,7H,3-6H2. The predicted octanol–water partition coefficient (Wildman–Crippen LogP) is 4.03. The molecule has 0 radical (unpaired) electrons. The summed E-state index contributed by atoms with van der Waals surface area (Å²) in [5, 5.41) is 0. The largest absolute Gasteiger partial charge is 0.139 e. The molecule has 1 aromatic rings. The minimum absolute atomic E-state index is 0.427. The fraction of sp³-hybridized carbons (Fsp3) is 0.455. The maximum atomic E-state index is 3.55. The van der Waals surface area contributed by atoms with Crippen LogP contribution in [0.4, 0.5) is 0 Å². The minimum atomic E-state index is 0.427. The molecule has 1 aromatic carbocycles. The molecule has 0 N–H and O–H groups in total. The van der Waals surface area contributed by atoms with Crippen LogP contribution in [-0.2, 0) is 10.5 Å². The zero-order chi connectivity index (χ0) is 9.60. The molecule has 1 aliphatic carbocycles. The highest BCUT2D eigenvalue weighted by molar-refractivity contribution is 9.10. The van der Waals surface area contributed by atoms with Crippen LogP contribution in [0.15, 0.2) is 22.7 Å². The van der Waals surface area contributed by atoms with Crippen LogP contribution in [0.3, 0.4) is 0 Å². The fourth-order valence-electron chi connectivity index (χ4n) is 2.33. The Hall–Kier alpha value is 0.400. The Morgan fingerprint density at radius 1 is 1.21 bits per heavy atom. The Balaban J connectivity index is 2.09. The Labute approximate surface area is 101 Å². The lowest BCUT2D eigenvalue weighted by Gasteiger charge is -2.22. The number of aryl methyl sites for hydroxylation is 1. The first-order chi connectivity index (χ1) is 6.80. The van der Waals surface area contributed by atoms with E-state index in [-0.39, 0.29) is 0 Å². The molecule has 3 heteroatoms. The predicted molar refractivity (Wildman–Crippen MR) is 69.1 cm³/mol. The van der Waals surface area contributed by atoms with Crippen LogP contribution >= 0.6 is 39.5 Å². The second-order valence-electron chi connectivity index (χ2n) is 3.75. The van der Waals surface area contributed by atoms with Gasteiger partial charge in [-0.15, -0.1) is 23.5 Å². The molecule has 0 unspecified atom stereocenters. The van der Waals surface area contributed by atoms with Gasteiger partial charge in [-0.25, -0.2) is 0 Å². The lowest BCUT2D eigenvalue weighted by molar-refractivity contribution is 0.844. The number of rotatable bonds is 0.